The minimum atomic E-state index is -0.291. The van der Waals surface area contributed by atoms with E-state index in [2.05, 4.69) is 0 Å². The van der Waals surface area contributed by atoms with Gasteiger partial charge < -0.3 is 15.5 Å². The van der Waals surface area contributed by atoms with Gasteiger partial charge in [-0.2, -0.15) is 0 Å². The third kappa shape index (κ3) is 2.39. The number of amides is 2. The first kappa shape index (κ1) is 11.9. The lowest BCUT2D eigenvalue weighted by atomic mass is 10.1. The standard InChI is InChI=1S/C12H16FN3O/c1-15-4-5-16(12(15)17)8-9-2-3-11(13)10(6-9)7-14/h2-3,6H,4-5,7-8,14H2,1H3. The number of nitrogens with zero attached hydrogens (tertiary/aromatic N) is 2. The summed E-state index contributed by atoms with van der Waals surface area (Å²) in [5.74, 6) is -0.291. The Labute approximate surface area is 99.8 Å². The molecule has 1 fully saturated rings. The number of carbonyl (C=O) groups is 1. The second-order valence-electron chi connectivity index (χ2n) is 4.26. The monoisotopic (exact) mass is 237 g/mol. The average Bonchev–Trinajstić information content (AvgIpc) is 2.63. The van der Waals surface area contributed by atoms with E-state index in [0.29, 0.717) is 18.7 Å². The zero-order valence-electron chi connectivity index (χ0n) is 9.82. The third-order valence-electron chi connectivity index (χ3n) is 3.01. The highest BCUT2D eigenvalue weighted by Gasteiger charge is 2.25. The zero-order chi connectivity index (χ0) is 12.4. The topological polar surface area (TPSA) is 49.6 Å². The van der Waals surface area contributed by atoms with Crippen LogP contribution in [0.3, 0.4) is 0 Å². The first-order chi connectivity index (χ1) is 8.11. The van der Waals surface area contributed by atoms with Crippen molar-refractivity contribution in [1.82, 2.24) is 9.80 Å². The molecule has 92 valence electrons. The van der Waals surface area contributed by atoms with Gasteiger partial charge in [0, 0.05) is 38.8 Å². The molecule has 1 saturated heterocycles. The highest BCUT2D eigenvalue weighted by Crippen LogP contribution is 2.15. The molecule has 0 radical (unpaired) electrons. The number of rotatable bonds is 3. The summed E-state index contributed by atoms with van der Waals surface area (Å²) in [7, 11) is 1.78. The number of benzene rings is 1. The number of carbonyl (C=O) groups excluding carboxylic acids is 1. The zero-order valence-corrected chi connectivity index (χ0v) is 9.82. The summed E-state index contributed by atoms with van der Waals surface area (Å²) in [5.41, 5.74) is 6.85. The molecule has 1 heterocycles. The molecule has 2 N–H and O–H groups in total. The van der Waals surface area contributed by atoms with E-state index in [-0.39, 0.29) is 18.4 Å². The molecule has 0 bridgehead atoms. The van der Waals surface area contributed by atoms with E-state index >= 15 is 0 Å². The predicted octanol–water partition coefficient (Wildman–Crippen LogP) is 1.15. The number of nitrogens with two attached hydrogens (primary N) is 1. The molecule has 0 atom stereocenters. The Morgan fingerprint density at radius 1 is 1.41 bits per heavy atom. The summed E-state index contributed by atoms with van der Waals surface area (Å²) in [4.78, 5) is 15.1. The molecule has 1 aliphatic heterocycles. The van der Waals surface area contributed by atoms with E-state index in [1.165, 1.54) is 6.07 Å². The smallest absolute Gasteiger partial charge is 0.320 e. The van der Waals surface area contributed by atoms with Gasteiger partial charge >= 0.3 is 6.03 Å². The fourth-order valence-electron chi connectivity index (χ4n) is 1.95. The van der Waals surface area contributed by atoms with E-state index in [0.717, 1.165) is 12.1 Å². The van der Waals surface area contributed by atoms with Gasteiger partial charge in [-0.15, -0.1) is 0 Å². The Bertz CT molecular complexity index is 436. The largest absolute Gasteiger partial charge is 0.326 e. The first-order valence-electron chi connectivity index (χ1n) is 5.59. The summed E-state index contributed by atoms with van der Waals surface area (Å²) < 4.78 is 13.3. The van der Waals surface area contributed by atoms with Crippen LogP contribution in [-0.4, -0.2) is 36.0 Å². The number of urea groups is 1. The van der Waals surface area contributed by atoms with Crippen molar-refractivity contribution in [1.29, 1.82) is 0 Å². The van der Waals surface area contributed by atoms with Crippen LogP contribution in [0.15, 0.2) is 18.2 Å². The summed E-state index contributed by atoms with van der Waals surface area (Å²) in [5, 5.41) is 0. The molecule has 1 aliphatic rings. The Morgan fingerprint density at radius 3 is 2.76 bits per heavy atom. The Kier molecular flexibility index (Phi) is 3.28. The van der Waals surface area contributed by atoms with Gasteiger partial charge in [0.1, 0.15) is 5.82 Å². The van der Waals surface area contributed by atoms with Crippen molar-refractivity contribution in [2.24, 2.45) is 5.73 Å². The van der Waals surface area contributed by atoms with Gasteiger partial charge in [0.05, 0.1) is 0 Å². The molecular formula is C12H16FN3O. The second kappa shape index (κ2) is 4.71. The van der Waals surface area contributed by atoms with Crippen molar-refractivity contribution in [3.8, 4) is 0 Å². The van der Waals surface area contributed by atoms with E-state index in [4.69, 9.17) is 5.73 Å². The fraction of sp³-hybridized carbons (Fsp3) is 0.417. The van der Waals surface area contributed by atoms with Gasteiger partial charge in [0.2, 0.25) is 0 Å². The molecule has 0 aliphatic carbocycles. The Morgan fingerprint density at radius 2 is 2.18 bits per heavy atom. The van der Waals surface area contributed by atoms with Gasteiger partial charge in [-0.05, 0) is 17.7 Å². The maximum absolute atomic E-state index is 13.3. The molecular weight excluding hydrogens is 221 g/mol. The molecule has 0 aromatic heterocycles. The van der Waals surface area contributed by atoms with Gasteiger partial charge in [0.25, 0.3) is 0 Å². The molecule has 2 rings (SSSR count). The molecule has 4 nitrogen and oxygen atoms in total. The highest BCUT2D eigenvalue weighted by molar-refractivity contribution is 5.76. The molecule has 0 saturated carbocycles. The van der Waals surface area contributed by atoms with Crippen LogP contribution in [-0.2, 0) is 13.1 Å². The van der Waals surface area contributed by atoms with E-state index in [1.807, 2.05) is 0 Å². The van der Waals surface area contributed by atoms with Crippen molar-refractivity contribution < 1.29 is 9.18 Å². The maximum Gasteiger partial charge on any atom is 0.320 e. The molecule has 0 spiro atoms. The summed E-state index contributed by atoms with van der Waals surface area (Å²) in [6.07, 6.45) is 0. The van der Waals surface area contributed by atoms with Gasteiger partial charge in [0.15, 0.2) is 0 Å². The number of hydrogen-bond acceptors (Lipinski definition) is 2. The lowest BCUT2D eigenvalue weighted by Gasteiger charge is -2.16. The lowest BCUT2D eigenvalue weighted by molar-refractivity contribution is 0.197. The fourth-order valence-corrected chi connectivity index (χ4v) is 1.95. The Balaban J connectivity index is 2.11. The minimum Gasteiger partial charge on any atom is -0.326 e. The van der Waals surface area contributed by atoms with Crippen LogP contribution in [0.2, 0.25) is 0 Å². The van der Waals surface area contributed by atoms with Gasteiger partial charge in [-0.1, -0.05) is 6.07 Å². The quantitative estimate of drug-likeness (QED) is 0.857. The van der Waals surface area contributed by atoms with Crippen LogP contribution in [0.1, 0.15) is 11.1 Å². The van der Waals surface area contributed by atoms with Gasteiger partial charge in [-0.3, -0.25) is 0 Å². The highest BCUT2D eigenvalue weighted by atomic mass is 19.1. The third-order valence-corrected chi connectivity index (χ3v) is 3.01. The number of likely N-dealkylation sites (N-methyl/N-ethyl adjacent to an activating group) is 1. The molecule has 2 amide bonds. The van der Waals surface area contributed by atoms with E-state index in [1.54, 1.807) is 29.0 Å². The molecule has 5 heteroatoms. The van der Waals surface area contributed by atoms with Crippen molar-refractivity contribution in [2.45, 2.75) is 13.1 Å². The number of hydrogen-bond donors (Lipinski definition) is 1. The van der Waals surface area contributed by atoms with Crippen LogP contribution in [0.25, 0.3) is 0 Å². The van der Waals surface area contributed by atoms with Crippen molar-refractivity contribution >= 4 is 6.03 Å². The van der Waals surface area contributed by atoms with Crippen LogP contribution in [0.4, 0.5) is 9.18 Å². The minimum absolute atomic E-state index is 0.0172. The number of halogens is 1. The molecule has 17 heavy (non-hydrogen) atoms. The van der Waals surface area contributed by atoms with E-state index < -0.39 is 0 Å². The van der Waals surface area contributed by atoms with Crippen LogP contribution < -0.4 is 5.73 Å². The summed E-state index contributed by atoms with van der Waals surface area (Å²) >= 11 is 0. The van der Waals surface area contributed by atoms with Gasteiger partial charge in [-0.25, -0.2) is 9.18 Å². The molecule has 0 unspecified atom stereocenters. The normalized spacial score (nSPS) is 15.8. The Hall–Kier alpha value is -1.62. The molecule has 1 aromatic rings. The SMILES string of the molecule is CN1CCN(Cc2ccc(F)c(CN)c2)C1=O. The first-order valence-corrected chi connectivity index (χ1v) is 5.59. The van der Waals surface area contributed by atoms with Crippen molar-refractivity contribution in [2.75, 3.05) is 20.1 Å². The molecule has 1 aromatic carbocycles. The summed E-state index contributed by atoms with van der Waals surface area (Å²) in [6, 6.07) is 4.84. The van der Waals surface area contributed by atoms with E-state index in [9.17, 15) is 9.18 Å². The van der Waals surface area contributed by atoms with Crippen LogP contribution in [0, 0.1) is 5.82 Å². The average molecular weight is 237 g/mol. The maximum atomic E-state index is 13.3. The summed E-state index contributed by atoms with van der Waals surface area (Å²) in [6.45, 7) is 2.14. The van der Waals surface area contributed by atoms with Crippen molar-refractivity contribution in [3.05, 3.63) is 35.1 Å². The van der Waals surface area contributed by atoms with Crippen molar-refractivity contribution in [3.63, 3.8) is 0 Å². The van der Waals surface area contributed by atoms with Crippen LogP contribution in [0.5, 0.6) is 0 Å². The second-order valence-corrected chi connectivity index (χ2v) is 4.26. The lowest BCUT2D eigenvalue weighted by Crippen LogP contribution is -2.29. The van der Waals surface area contributed by atoms with Crippen LogP contribution >= 0.6 is 0 Å². The predicted molar refractivity (Wildman–Crippen MR) is 62.7 cm³/mol.